The Morgan fingerprint density at radius 2 is 1.57 bits per heavy atom. The van der Waals surface area contributed by atoms with Crippen molar-refractivity contribution in [1.82, 2.24) is 20.9 Å². The van der Waals surface area contributed by atoms with Crippen LogP contribution in [-0.4, -0.2) is 87.3 Å². The predicted molar refractivity (Wildman–Crippen MR) is 159 cm³/mol. The van der Waals surface area contributed by atoms with Crippen LogP contribution in [0.3, 0.4) is 0 Å². The minimum absolute atomic E-state index is 0.0174. The first kappa shape index (κ1) is 34.0. The van der Waals surface area contributed by atoms with E-state index in [0.29, 0.717) is 11.1 Å². The van der Waals surface area contributed by atoms with Gasteiger partial charge in [0.15, 0.2) is 6.10 Å². The van der Waals surface area contributed by atoms with Crippen molar-refractivity contribution in [1.29, 1.82) is 0 Å². The maximum atomic E-state index is 13.6. The number of rotatable bonds is 12. The maximum absolute atomic E-state index is 13.6. The molecule has 2 aromatic rings. The molecule has 0 saturated carbocycles. The van der Waals surface area contributed by atoms with Gasteiger partial charge in [-0.3, -0.25) is 19.2 Å². The molecular formula is C31H41N5O8. The number of aliphatic hydroxyl groups is 2. The van der Waals surface area contributed by atoms with E-state index >= 15 is 0 Å². The van der Waals surface area contributed by atoms with Gasteiger partial charge in [-0.25, -0.2) is 4.79 Å². The summed E-state index contributed by atoms with van der Waals surface area (Å²) in [6.07, 6.45) is -4.45. The molecule has 238 valence electrons. The highest BCUT2D eigenvalue weighted by Gasteiger charge is 2.43. The summed E-state index contributed by atoms with van der Waals surface area (Å²) in [5, 5.41) is 29.3. The van der Waals surface area contributed by atoms with Gasteiger partial charge >= 0.3 is 6.09 Å². The van der Waals surface area contributed by atoms with Crippen LogP contribution in [0.2, 0.25) is 0 Å². The van der Waals surface area contributed by atoms with Crippen LogP contribution < -0.4 is 21.7 Å². The lowest BCUT2D eigenvalue weighted by atomic mass is 9.99. The zero-order valence-corrected chi connectivity index (χ0v) is 25.1. The molecule has 5 atom stereocenters. The molecule has 13 heteroatoms. The van der Waals surface area contributed by atoms with E-state index in [4.69, 9.17) is 10.5 Å². The molecule has 1 aliphatic rings. The topological polar surface area (TPSA) is 200 Å². The third-order valence-corrected chi connectivity index (χ3v) is 6.85. The van der Waals surface area contributed by atoms with Gasteiger partial charge in [-0.1, -0.05) is 60.7 Å². The third kappa shape index (κ3) is 10.3. The highest BCUT2D eigenvalue weighted by molar-refractivity contribution is 5.93. The highest BCUT2D eigenvalue weighted by atomic mass is 16.5. The molecule has 1 fully saturated rings. The number of nitrogens with zero attached hydrogens (tertiary/aromatic N) is 1. The summed E-state index contributed by atoms with van der Waals surface area (Å²) in [5.74, 6) is -3.14. The van der Waals surface area contributed by atoms with E-state index in [2.05, 4.69) is 16.0 Å². The second kappa shape index (κ2) is 15.3. The molecule has 0 aromatic heterocycles. The molecule has 5 amide bonds. The molecule has 1 saturated heterocycles. The number of β-amino-alcohol motifs (C(OH)–C–C–N with tert-alkyl or cyclic N) is 1. The van der Waals surface area contributed by atoms with Gasteiger partial charge in [-0.15, -0.1) is 0 Å². The molecule has 7 N–H and O–H groups in total. The molecule has 0 spiro atoms. The number of nitrogens with one attached hydrogen (secondary N) is 3. The van der Waals surface area contributed by atoms with Crippen molar-refractivity contribution >= 4 is 29.7 Å². The smallest absolute Gasteiger partial charge is 0.408 e. The van der Waals surface area contributed by atoms with Gasteiger partial charge in [-0.2, -0.15) is 0 Å². The molecule has 0 bridgehead atoms. The fourth-order valence-electron chi connectivity index (χ4n) is 4.81. The second-order valence-corrected chi connectivity index (χ2v) is 11.8. The Morgan fingerprint density at radius 3 is 2.14 bits per heavy atom. The molecule has 0 unspecified atom stereocenters. The number of hydrogen-bond donors (Lipinski definition) is 6. The number of ether oxygens (including phenoxy) is 1. The monoisotopic (exact) mass is 611 g/mol. The van der Waals surface area contributed by atoms with Gasteiger partial charge in [-0.05, 0) is 38.3 Å². The van der Waals surface area contributed by atoms with E-state index in [-0.39, 0.29) is 26.0 Å². The van der Waals surface area contributed by atoms with Gasteiger partial charge in [0.05, 0.1) is 18.6 Å². The second-order valence-electron chi connectivity index (χ2n) is 11.8. The standard InChI is InChI=1S/C31H41N5O8/c1-31(2,3)35-28(41)24-15-21(37)17-36(24)29(42)26(39)22(14-19-10-6-4-7-11-19)33-27(40)23(16-25(32)38)34-30(43)44-18-20-12-8-5-9-13-20/h4-13,21-24,26,37,39H,14-18H2,1-3H3,(H2,32,38)(H,33,40)(H,34,43)(H,35,41)/t21-,22-,23-,24-,26-/m0/s1. The van der Waals surface area contributed by atoms with E-state index in [1.165, 1.54) is 0 Å². The Labute approximate surface area is 256 Å². The first-order chi connectivity index (χ1) is 20.7. The van der Waals surface area contributed by atoms with E-state index < -0.39 is 72.0 Å². The van der Waals surface area contributed by atoms with Crippen LogP contribution in [0.4, 0.5) is 4.79 Å². The van der Waals surface area contributed by atoms with Gasteiger partial charge in [0.2, 0.25) is 17.7 Å². The molecule has 13 nitrogen and oxygen atoms in total. The van der Waals surface area contributed by atoms with E-state index in [9.17, 15) is 34.2 Å². The molecule has 44 heavy (non-hydrogen) atoms. The normalized spacial score (nSPS) is 18.4. The van der Waals surface area contributed by atoms with E-state index in [1.54, 1.807) is 81.4 Å². The van der Waals surface area contributed by atoms with E-state index in [1.807, 2.05) is 0 Å². The maximum Gasteiger partial charge on any atom is 0.408 e. The Bertz CT molecular complexity index is 1300. The number of nitrogens with two attached hydrogens (primary N) is 1. The quantitative estimate of drug-likeness (QED) is 0.194. The highest BCUT2D eigenvalue weighted by Crippen LogP contribution is 2.22. The lowest BCUT2D eigenvalue weighted by molar-refractivity contribution is -0.147. The van der Waals surface area contributed by atoms with Gasteiger partial charge < -0.3 is 41.5 Å². The fourth-order valence-corrected chi connectivity index (χ4v) is 4.81. The van der Waals surface area contributed by atoms with Crippen LogP contribution in [0, 0.1) is 0 Å². The first-order valence-electron chi connectivity index (χ1n) is 14.3. The summed E-state index contributed by atoms with van der Waals surface area (Å²) in [4.78, 5) is 65.3. The SMILES string of the molecule is CC(C)(C)NC(=O)[C@@H]1C[C@H](O)CN1C(=O)[C@@H](O)[C@H](Cc1ccccc1)NC(=O)[C@H](CC(N)=O)NC(=O)OCc1ccccc1. The van der Waals surface area contributed by atoms with Crippen LogP contribution in [0.1, 0.15) is 44.7 Å². The number of likely N-dealkylation sites (tertiary alicyclic amines) is 1. The van der Waals surface area contributed by atoms with Crippen LogP contribution in [0.15, 0.2) is 60.7 Å². The molecule has 2 aromatic carbocycles. The molecule has 0 aliphatic carbocycles. The predicted octanol–water partition coefficient (Wildman–Crippen LogP) is 0.122. The third-order valence-electron chi connectivity index (χ3n) is 6.85. The Hall–Kier alpha value is -4.49. The summed E-state index contributed by atoms with van der Waals surface area (Å²) in [7, 11) is 0. The minimum Gasteiger partial charge on any atom is -0.445 e. The number of carbonyl (C=O) groups excluding carboxylic acids is 5. The van der Waals surface area contributed by atoms with Crippen LogP contribution in [-0.2, 0) is 36.9 Å². The van der Waals surface area contributed by atoms with Crippen molar-refractivity contribution in [2.24, 2.45) is 5.73 Å². The number of carbonyl (C=O) groups is 5. The van der Waals surface area contributed by atoms with Crippen molar-refractivity contribution < 1.29 is 38.9 Å². The Morgan fingerprint density at radius 1 is 0.977 bits per heavy atom. The Balaban J connectivity index is 1.79. The largest absolute Gasteiger partial charge is 0.445 e. The van der Waals surface area contributed by atoms with Crippen molar-refractivity contribution in [3.05, 3.63) is 71.8 Å². The molecule has 1 heterocycles. The van der Waals surface area contributed by atoms with Crippen LogP contribution >= 0.6 is 0 Å². The first-order valence-corrected chi connectivity index (χ1v) is 14.3. The number of amides is 5. The lowest BCUT2D eigenvalue weighted by Gasteiger charge is -2.32. The minimum atomic E-state index is -1.85. The summed E-state index contributed by atoms with van der Waals surface area (Å²) in [6.45, 7) is 5.04. The molecule has 0 radical (unpaired) electrons. The molecular weight excluding hydrogens is 570 g/mol. The summed E-state index contributed by atoms with van der Waals surface area (Å²) in [6, 6.07) is 13.8. The van der Waals surface area contributed by atoms with Gasteiger partial charge in [0, 0.05) is 18.5 Å². The summed E-state index contributed by atoms with van der Waals surface area (Å²) >= 11 is 0. The number of alkyl carbamates (subject to hydrolysis) is 1. The zero-order valence-electron chi connectivity index (χ0n) is 25.1. The lowest BCUT2D eigenvalue weighted by Crippen LogP contribution is -2.59. The number of aliphatic hydroxyl groups excluding tert-OH is 2. The number of benzene rings is 2. The average Bonchev–Trinajstić information content (AvgIpc) is 3.36. The van der Waals surface area contributed by atoms with Gasteiger partial charge in [0.25, 0.3) is 5.91 Å². The molecule has 3 rings (SSSR count). The number of primary amides is 1. The van der Waals surface area contributed by atoms with Crippen molar-refractivity contribution in [2.75, 3.05) is 6.54 Å². The van der Waals surface area contributed by atoms with Crippen molar-refractivity contribution in [3.63, 3.8) is 0 Å². The van der Waals surface area contributed by atoms with Crippen LogP contribution in [0.25, 0.3) is 0 Å². The van der Waals surface area contributed by atoms with Gasteiger partial charge in [0.1, 0.15) is 18.7 Å². The Kier molecular flexibility index (Phi) is 11.8. The summed E-state index contributed by atoms with van der Waals surface area (Å²) < 4.78 is 5.17. The van der Waals surface area contributed by atoms with Crippen molar-refractivity contribution in [3.8, 4) is 0 Å². The number of hydrogen-bond acceptors (Lipinski definition) is 8. The average molecular weight is 612 g/mol. The summed E-state index contributed by atoms with van der Waals surface area (Å²) in [5.41, 5.74) is 6.09. The zero-order chi connectivity index (χ0) is 32.4. The molecule has 1 aliphatic heterocycles. The fraction of sp³-hybridized carbons (Fsp3) is 0.452. The van der Waals surface area contributed by atoms with Crippen LogP contribution in [0.5, 0.6) is 0 Å². The van der Waals surface area contributed by atoms with E-state index in [0.717, 1.165) is 4.90 Å². The van der Waals surface area contributed by atoms with Crippen molar-refractivity contribution in [2.45, 2.75) is 82.5 Å².